The van der Waals surface area contributed by atoms with Crippen LogP contribution in [0.25, 0.3) is 21.7 Å². The van der Waals surface area contributed by atoms with Gasteiger partial charge in [0.1, 0.15) is 18.5 Å². The Hall–Kier alpha value is -3.06. The number of nitrogens with zero attached hydrogens (tertiary/aromatic N) is 5. The molecule has 5 rings (SSSR count). The number of rotatable bonds is 9. The van der Waals surface area contributed by atoms with Crippen LogP contribution in [-0.2, 0) is 17.5 Å². The summed E-state index contributed by atoms with van der Waals surface area (Å²) in [7, 11) is 1.70. The summed E-state index contributed by atoms with van der Waals surface area (Å²) < 4.78 is 56.5. The Morgan fingerprint density at radius 1 is 1.03 bits per heavy atom. The number of hydrogen-bond acceptors (Lipinski definition) is 9. The van der Waals surface area contributed by atoms with E-state index in [9.17, 15) is 13.2 Å². The molecule has 1 aliphatic rings. The first-order valence-corrected chi connectivity index (χ1v) is 13.1. The fourth-order valence-corrected chi connectivity index (χ4v) is 5.16. The molecule has 2 aromatic heterocycles. The second-order valence-electron chi connectivity index (χ2n) is 9.20. The molecule has 0 spiro atoms. The van der Waals surface area contributed by atoms with Gasteiger partial charge in [-0.25, -0.2) is 4.98 Å². The molecule has 38 heavy (non-hydrogen) atoms. The van der Waals surface area contributed by atoms with E-state index in [0.717, 1.165) is 65.8 Å². The molecule has 1 atom stereocenters. The molecule has 0 saturated carbocycles. The summed E-state index contributed by atoms with van der Waals surface area (Å²) in [6, 6.07) is 10.7. The molecule has 202 valence electrons. The van der Waals surface area contributed by atoms with Crippen molar-refractivity contribution in [3.8, 4) is 17.2 Å². The highest BCUT2D eigenvalue weighted by Crippen LogP contribution is 2.31. The van der Waals surface area contributed by atoms with Crippen molar-refractivity contribution in [2.24, 2.45) is 0 Å². The third-order valence-electron chi connectivity index (χ3n) is 6.45. The topological polar surface area (TPSA) is 76.8 Å². The number of alkyl halides is 3. The number of aromatic nitrogens is 3. The van der Waals surface area contributed by atoms with Crippen molar-refractivity contribution >= 4 is 21.6 Å². The lowest BCUT2D eigenvalue weighted by Gasteiger charge is -2.35. The van der Waals surface area contributed by atoms with E-state index in [2.05, 4.69) is 24.9 Å². The van der Waals surface area contributed by atoms with E-state index in [-0.39, 0.29) is 12.0 Å². The molecule has 1 aliphatic heterocycles. The summed E-state index contributed by atoms with van der Waals surface area (Å²) in [6.07, 6.45) is -4.45. The maximum absolute atomic E-state index is 12.8. The highest BCUT2D eigenvalue weighted by molar-refractivity contribution is 7.18. The first kappa shape index (κ1) is 26.5. The number of benzene rings is 2. The molecule has 0 N–H and O–H groups in total. The van der Waals surface area contributed by atoms with Gasteiger partial charge in [-0.05, 0) is 43.3 Å². The van der Waals surface area contributed by atoms with Crippen LogP contribution in [-0.4, -0.2) is 77.5 Å². The van der Waals surface area contributed by atoms with Crippen LogP contribution in [0.15, 0.2) is 47.0 Å². The van der Waals surface area contributed by atoms with Crippen molar-refractivity contribution < 1.29 is 27.2 Å². The van der Waals surface area contributed by atoms with E-state index in [0.29, 0.717) is 24.5 Å². The number of hydrogen-bond donors (Lipinski definition) is 0. The highest BCUT2D eigenvalue weighted by Gasteiger charge is 2.30. The smallest absolute Gasteiger partial charge is 0.416 e. The van der Waals surface area contributed by atoms with Crippen LogP contribution in [0.5, 0.6) is 5.75 Å². The zero-order valence-corrected chi connectivity index (χ0v) is 21.9. The maximum Gasteiger partial charge on any atom is 0.416 e. The fourth-order valence-electron chi connectivity index (χ4n) is 4.35. The predicted molar refractivity (Wildman–Crippen MR) is 137 cm³/mol. The lowest BCUT2D eigenvalue weighted by molar-refractivity contribution is -0.137. The van der Waals surface area contributed by atoms with Gasteiger partial charge in [0.25, 0.3) is 5.89 Å². The quantitative estimate of drug-likeness (QED) is 0.293. The molecule has 3 heterocycles. The SMILES string of the molecule is COC(COc1ccc2sc(C)nc2c1)CN1CCN(Cc2noc(-c3ccc(C(F)(F)F)cc3)n2)CC1. The zero-order valence-electron chi connectivity index (χ0n) is 21.1. The van der Waals surface area contributed by atoms with E-state index >= 15 is 0 Å². The molecule has 4 aromatic rings. The standard InChI is InChI=1S/C26H28F3N5O3S/c1-17-30-22-13-20(7-8-23(22)38-17)36-16-21(35-2)14-33-9-11-34(12-10-33)15-24-31-25(37-32-24)18-3-5-19(6-4-18)26(27,28)29/h3-8,13,21H,9-12,14-16H2,1-2H3. The first-order valence-electron chi connectivity index (χ1n) is 12.2. The summed E-state index contributed by atoms with van der Waals surface area (Å²) in [5.41, 5.74) is 0.688. The summed E-state index contributed by atoms with van der Waals surface area (Å²) in [5, 5.41) is 5.04. The Balaban J connectivity index is 1.08. The number of piperazine rings is 1. The molecule has 0 bridgehead atoms. The molecule has 0 amide bonds. The Bertz CT molecular complexity index is 1350. The number of fused-ring (bicyclic) bond motifs is 1. The van der Waals surface area contributed by atoms with E-state index < -0.39 is 11.7 Å². The van der Waals surface area contributed by atoms with Gasteiger partial charge >= 0.3 is 6.18 Å². The minimum absolute atomic E-state index is 0.0714. The molecule has 0 radical (unpaired) electrons. The van der Waals surface area contributed by atoms with E-state index in [1.54, 1.807) is 18.4 Å². The molecule has 12 heteroatoms. The molecular formula is C26H28F3N5O3S. The minimum Gasteiger partial charge on any atom is -0.491 e. The van der Waals surface area contributed by atoms with E-state index in [1.807, 2.05) is 25.1 Å². The van der Waals surface area contributed by atoms with Gasteiger partial charge in [-0.1, -0.05) is 5.16 Å². The average molecular weight is 548 g/mol. The summed E-state index contributed by atoms with van der Waals surface area (Å²) in [6.45, 7) is 7.05. The van der Waals surface area contributed by atoms with Crippen molar-refractivity contribution in [3.63, 3.8) is 0 Å². The minimum atomic E-state index is -4.38. The van der Waals surface area contributed by atoms with Crippen molar-refractivity contribution in [3.05, 3.63) is 58.9 Å². The lowest BCUT2D eigenvalue weighted by atomic mass is 10.1. The van der Waals surface area contributed by atoms with Crippen LogP contribution < -0.4 is 4.74 Å². The van der Waals surface area contributed by atoms with Gasteiger partial charge < -0.3 is 14.0 Å². The zero-order chi connectivity index (χ0) is 26.7. The Morgan fingerprint density at radius 3 is 2.47 bits per heavy atom. The molecule has 8 nitrogen and oxygen atoms in total. The van der Waals surface area contributed by atoms with Crippen LogP contribution in [0.3, 0.4) is 0 Å². The number of ether oxygens (including phenoxy) is 2. The van der Waals surface area contributed by atoms with Crippen molar-refractivity contribution in [1.29, 1.82) is 0 Å². The van der Waals surface area contributed by atoms with Crippen molar-refractivity contribution in [2.75, 3.05) is 46.4 Å². The molecule has 1 fully saturated rings. The summed E-state index contributed by atoms with van der Waals surface area (Å²) >= 11 is 1.67. The van der Waals surface area contributed by atoms with Gasteiger partial charge in [0, 0.05) is 51.5 Å². The van der Waals surface area contributed by atoms with Gasteiger partial charge in [-0.2, -0.15) is 18.2 Å². The highest BCUT2D eigenvalue weighted by atomic mass is 32.1. The first-order chi connectivity index (χ1) is 18.3. The second-order valence-corrected chi connectivity index (χ2v) is 10.4. The van der Waals surface area contributed by atoms with E-state index in [4.69, 9.17) is 14.0 Å². The maximum atomic E-state index is 12.8. The van der Waals surface area contributed by atoms with Gasteiger partial charge in [0.05, 0.1) is 27.3 Å². The van der Waals surface area contributed by atoms with Crippen LogP contribution in [0.4, 0.5) is 13.2 Å². The largest absolute Gasteiger partial charge is 0.491 e. The fraction of sp³-hybridized carbons (Fsp3) is 0.423. The molecular weight excluding hydrogens is 519 g/mol. The van der Waals surface area contributed by atoms with Gasteiger partial charge in [0.15, 0.2) is 5.82 Å². The van der Waals surface area contributed by atoms with E-state index in [1.165, 1.54) is 12.1 Å². The normalized spacial score (nSPS) is 16.2. The van der Waals surface area contributed by atoms with Crippen LogP contribution >= 0.6 is 11.3 Å². The Morgan fingerprint density at radius 2 is 1.76 bits per heavy atom. The third-order valence-corrected chi connectivity index (χ3v) is 7.41. The third kappa shape index (κ3) is 6.49. The molecule has 0 aliphatic carbocycles. The summed E-state index contributed by atoms with van der Waals surface area (Å²) in [4.78, 5) is 13.4. The second kappa shape index (κ2) is 11.4. The molecule has 1 saturated heterocycles. The van der Waals surface area contributed by atoms with Gasteiger partial charge in [-0.3, -0.25) is 9.80 Å². The predicted octanol–water partition coefficient (Wildman–Crippen LogP) is 4.89. The average Bonchev–Trinajstić information content (AvgIpc) is 3.52. The van der Waals surface area contributed by atoms with Crippen LogP contribution in [0, 0.1) is 6.92 Å². The van der Waals surface area contributed by atoms with Gasteiger partial charge in [-0.15, -0.1) is 11.3 Å². The Kier molecular flexibility index (Phi) is 7.93. The van der Waals surface area contributed by atoms with Gasteiger partial charge in [0.2, 0.25) is 0 Å². The van der Waals surface area contributed by atoms with Crippen LogP contribution in [0.1, 0.15) is 16.4 Å². The number of aryl methyl sites for hydroxylation is 1. The number of halogens is 3. The van der Waals surface area contributed by atoms with Crippen molar-refractivity contribution in [1.82, 2.24) is 24.9 Å². The number of thiazole rings is 1. The van der Waals surface area contributed by atoms with Crippen molar-refractivity contribution in [2.45, 2.75) is 25.7 Å². The molecule has 2 aromatic carbocycles. The molecule has 1 unspecified atom stereocenters. The lowest BCUT2D eigenvalue weighted by Crippen LogP contribution is -2.49. The number of methoxy groups -OCH3 is 1. The Labute approximate surface area is 222 Å². The van der Waals surface area contributed by atoms with Crippen LogP contribution in [0.2, 0.25) is 0 Å². The summed E-state index contributed by atoms with van der Waals surface area (Å²) in [5.74, 6) is 1.49. The monoisotopic (exact) mass is 547 g/mol.